The number of anilines is 1. The summed E-state index contributed by atoms with van der Waals surface area (Å²) in [5.74, 6) is 0.0223. The fraction of sp³-hybridized carbons (Fsp3) is 0.556. The van der Waals surface area contributed by atoms with Crippen molar-refractivity contribution >= 4 is 33.5 Å². The lowest BCUT2D eigenvalue weighted by atomic mass is 9.85. The van der Waals surface area contributed by atoms with Crippen LogP contribution in [0.2, 0.25) is 0 Å². The Morgan fingerprint density at radius 1 is 1.16 bits per heavy atom. The average molecular weight is 410 g/mol. The van der Waals surface area contributed by atoms with Crippen molar-refractivity contribution in [2.45, 2.75) is 64.0 Å². The van der Waals surface area contributed by atoms with Gasteiger partial charge in [-0.3, -0.25) is 4.90 Å². The SMILES string of the molecule is CC(C)(C)c1cc(F)c(N2C(N)=NC(N)=NC23CCCCC3)c(Br)c1. The zero-order valence-corrected chi connectivity index (χ0v) is 16.5. The minimum Gasteiger partial charge on any atom is -0.369 e. The van der Waals surface area contributed by atoms with Gasteiger partial charge in [0.25, 0.3) is 0 Å². The van der Waals surface area contributed by atoms with Crippen LogP contribution >= 0.6 is 15.9 Å². The topological polar surface area (TPSA) is 80.0 Å². The average Bonchev–Trinajstić information content (AvgIpc) is 2.49. The predicted octanol–water partition coefficient (Wildman–Crippen LogP) is 4.00. The lowest BCUT2D eigenvalue weighted by molar-refractivity contribution is 0.303. The van der Waals surface area contributed by atoms with Gasteiger partial charge in [0.05, 0.1) is 5.69 Å². The summed E-state index contributed by atoms with van der Waals surface area (Å²) >= 11 is 3.55. The van der Waals surface area contributed by atoms with E-state index < -0.39 is 5.66 Å². The Morgan fingerprint density at radius 2 is 1.80 bits per heavy atom. The van der Waals surface area contributed by atoms with E-state index in [2.05, 4.69) is 46.7 Å². The van der Waals surface area contributed by atoms with Crippen LogP contribution in [0.1, 0.15) is 58.4 Å². The standard InChI is InChI=1S/C18H25BrFN5/c1-17(2,3)11-9-12(19)14(13(20)10-11)25-16(22)23-15(21)24-18(25)7-5-4-6-8-18/h9-10H,4-8H2,1-3H3,(H4,21,22,23,24). The summed E-state index contributed by atoms with van der Waals surface area (Å²) in [5, 5.41) is 0. The molecule has 1 aliphatic carbocycles. The van der Waals surface area contributed by atoms with Gasteiger partial charge in [-0.2, -0.15) is 4.99 Å². The van der Waals surface area contributed by atoms with E-state index in [1.807, 2.05) is 6.07 Å². The molecule has 7 heteroatoms. The summed E-state index contributed by atoms with van der Waals surface area (Å²) in [6.07, 6.45) is 4.68. The second kappa shape index (κ2) is 6.27. The molecule has 3 rings (SSSR count). The van der Waals surface area contributed by atoms with Crippen LogP contribution in [0.25, 0.3) is 0 Å². The van der Waals surface area contributed by atoms with E-state index in [1.165, 1.54) is 0 Å². The van der Waals surface area contributed by atoms with Gasteiger partial charge < -0.3 is 11.5 Å². The zero-order chi connectivity index (χ0) is 18.4. The van der Waals surface area contributed by atoms with E-state index in [-0.39, 0.29) is 23.2 Å². The normalized spacial score (nSPS) is 20.4. The van der Waals surface area contributed by atoms with Crippen LogP contribution in [0.15, 0.2) is 26.6 Å². The van der Waals surface area contributed by atoms with E-state index in [1.54, 1.807) is 11.0 Å². The van der Waals surface area contributed by atoms with Crippen molar-refractivity contribution in [2.75, 3.05) is 4.90 Å². The van der Waals surface area contributed by atoms with Gasteiger partial charge >= 0.3 is 0 Å². The first-order valence-corrected chi connectivity index (χ1v) is 9.43. The summed E-state index contributed by atoms with van der Waals surface area (Å²) in [5.41, 5.74) is 12.6. The predicted molar refractivity (Wildman–Crippen MR) is 104 cm³/mol. The molecule has 25 heavy (non-hydrogen) atoms. The summed E-state index contributed by atoms with van der Waals surface area (Å²) < 4.78 is 15.8. The molecule has 0 radical (unpaired) electrons. The van der Waals surface area contributed by atoms with Gasteiger partial charge in [0.1, 0.15) is 11.5 Å². The van der Waals surface area contributed by atoms with Crippen molar-refractivity contribution in [3.05, 3.63) is 28.0 Å². The number of benzene rings is 1. The molecule has 1 heterocycles. The second-order valence-electron chi connectivity index (χ2n) is 7.86. The van der Waals surface area contributed by atoms with Gasteiger partial charge in [-0.1, -0.05) is 27.2 Å². The molecule has 0 unspecified atom stereocenters. The summed E-state index contributed by atoms with van der Waals surface area (Å²) in [6.45, 7) is 6.16. The molecule has 0 saturated heterocycles. The first kappa shape index (κ1) is 18.2. The molecule has 1 fully saturated rings. The van der Waals surface area contributed by atoms with E-state index >= 15 is 4.39 Å². The van der Waals surface area contributed by atoms with Crippen molar-refractivity contribution in [1.29, 1.82) is 0 Å². The highest BCUT2D eigenvalue weighted by atomic mass is 79.9. The van der Waals surface area contributed by atoms with E-state index in [9.17, 15) is 0 Å². The maximum Gasteiger partial charge on any atom is 0.220 e. The highest BCUT2D eigenvalue weighted by molar-refractivity contribution is 9.10. The van der Waals surface area contributed by atoms with Gasteiger partial charge in [0, 0.05) is 4.47 Å². The van der Waals surface area contributed by atoms with E-state index in [0.29, 0.717) is 10.2 Å². The molecule has 4 N–H and O–H groups in total. The van der Waals surface area contributed by atoms with Crippen LogP contribution in [-0.2, 0) is 5.41 Å². The Bertz CT molecular complexity index is 721. The highest BCUT2D eigenvalue weighted by Gasteiger charge is 2.44. The zero-order valence-electron chi connectivity index (χ0n) is 14.9. The first-order valence-electron chi connectivity index (χ1n) is 8.63. The third-order valence-corrected chi connectivity index (χ3v) is 5.56. The van der Waals surface area contributed by atoms with Crippen molar-refractivity contribution in [1.82, 2.24) is 0 Å². The lowest BCUT2D eigenvalue weighted by Gasteiger charge is -2.46. The van der Waals surface area contributed by atoms with Crippen molar-refractivity contribution < 1.29 is 4.39 Å². The van der Waals surface area contributed by atoms with Crippen LogP contribution in [0.5, 0.6) is 0 Å². The second-order valence-corrected chi connectivity index (χ2v) is 8.71. The molecular weight excluding hydrogens is 385 g/mol. The van der Waals surface area contributed by atoms with Crippen molar-refractivity contribution in [3.63, 3.8) is 0 Å². The molecule has 1 spiro atoms. The fourth-order valence-corrected chi connectivity index (χ4v) is 4.27. The van der Waals surface area contributed by atoms with Crippen LogP contribution < -0.4 is 16.4 Å². The molecule has 1 aromatic rings. The number of nitrogens with zero attached hydrogens (tertiary/aromatic N) is 3. The van der Waals surface area contributed by atoms with E-state index in [0.717, 1.165) is 37.7 Å². The first-order chi connectivity index (χ1) is 11.6. The minimum absolute atomic E-state index is 0.158. The van der Waals surface area contributed by atoms with Crippen LogP contribution in [0.4, 0.5) is 10.1 Å². The third-order valence-electron chi connectivity index (χ3n) is 4.96. The molecule has 0 atom stereocenters. The number of nitrogens with two attached hydrogens (primary N) is 2. The molecular formula is C18H25BrFN5. The maximum absolute atomic E-state index is 15.2. The number of rotatable bonds is 1. The monoisotopic (exact) mass is 409 g/mol. The summed E-state index contributed by atoms with van der Waals surface area (Å²) in [7, 11) is 0. The molecule has 0 aromatic heterocycles. The molecule has 0 bridgehead atoms. The fourth-order valence-electron chi connectivity index (χ4n) is 3.66. The molecule has 1 aromatic carbocycles. The van der Waals surface area contributed by atoms with Gasteiger partial charge in [-0.15, -0.1) is 0 Å². The Morgan fingerprint density at radius 3 is 2.36 bits per heavy atom. The van der Waals surface area contributed by atoms with Crippen molar-refractivity contribution in [3.8, 4) is 0 Å². The number of aliphatic imine (C=N–C) groups is 2. The van der Waals surface area contributed by atoms with Crippen LogP contribution in [-0.4, -0.2) is 17.6 Å². The minimum atomic E-state index is -0.652. The van der Waals surface area contributed by atoms with E-state index in [4.69, 9.17) is 11.5 Å². The summed E-state index contributed by atoms with van der Waals surface area (Å²) in [6, 6.07) is 3.52. The maximum atomic E-state index is 15.2. The van der Waals surface area contributed by atoms with Gasteiger partial charge in [0.2, 0.25) is 11.9 Å². The van der Waals surface area contributed by atoms with Gasteiger partial charge in [-0.25, -0.2) is 9.38 Å². The number of hydrogen-bond acceptors (Lipinski definition) is 5. The molecule has 0 amide bonds. The van der Waals surface area contributed by atoms with Crippen molar-refractivity contribution in [2.24, 2.45) is 21.5 Å². The Labute approximate surface area is 156 Å². The molecule has 5 nitrogen and oxygen atoms in total. The highest BCUT2D eigenvalue weighted by Crippen LogP contribution is 2.44. The van der Waals surface area contributed by atoms with Gasteiger partial charge in [-0.05, 0) is 64.7 Å². The largest absolute Gasteiger partial charge is 0.369 e. The van der Waals surface area contributed by atoms with Gasteiger partial charge in [0.15, 0.2) is 0 Å². The molecule has 2 aliphatic rings. The number of halogens is 2. The number of guanidine groups is 2. The smallest absolute Gasteiger partial charge is 0.220 e. The van der Waals surface area contributed by atoms with Crippen LogP contribution in [0, 0.1) is 5.82 Å². The number of hydrogen-bond donors (Lipinski definition) is 2. The van der Waals surface area contributed by atoms with Crippen LogP contribution in [0.3, 0.4) is 0 Å². The molecule has 1 saturated carbocycles. The quantitative estimate of drug-likeness (QED) is 0.735. The third kappa shape index (κ3) is 3.26. The summed E-state index contributed by atoms with van der Waals surface area (Å²) in [4.78, 5) is 10.4. The molecule has 136 valence electrons. The Hall–Kier alpha value is -1.63. The Kier molecular flexibility index (Phi) is 4.56. The molecule has 1 aliphatic heterocycles. The lowest BCUT2D eigenvalue weighted by Crippen LogP contribution is -2.58. The Balaban J connectivity index is 2.15.